The Morgan fingerprint density at radius 2 is 1.48 bits per heavy atom. The zero-order valence-corrected chi connectivity index (χ0v) is 16.4. The number of rotatable bonds is 4. The van der Waals surface area contributed by atoms with Gasteiger partial charge in [0.15, 0.2) is 0 Å². The van der Waals surface area contributed by atoms with Crippen LogP contribution in [0, 0.1) is 0 Å². The smallest absolute Gasteiger partial charge is 0.243 e. The second-order valence-electron chi connectivity index (χ2n) is 8.09. The van der Waals surface area contributed by atoms with Gasteiger partial charge in [0.1, 0.15) is 5.54 Å². The zero-order valence-electron chi connectivity index (χ0n) is 16.4. The van der Waals surface area contributed by atoms with E-state index in [1.54, 1.807) is 0 Å². The molecule has 1 aliphatic carbocycles. The summed E-state index contributed by atoms with van der Waals surface area (Å²) < 4.78 is 0. The maximum atomic E-state index is 13.8. The summed E-state index contributed by atoms with van der Waals surface area (Å²) >= 11 is 0. The molecule has 0 bridgehead atoms. The van der Waals surface area contributed by atoms with Crippen LogP contribution in [-0.2, 0) is 24.2 Å². The van der Waals surface area contributed by atoms with Crippen molar-refractivity contribution in [3.05, 3.63) is 71.3 Å². The lowest BCUT2D eigenvalue weighted by Crippen LogP contribution is -2.61. The molecule has 2 aromatic carbocycles. The minimum Gasteiger partial charge on any atom is -0.339 e. The third kappa shape index (κ3) is 3.52. The van der Waals surface area contributed by atoms with E-state index in [1.165, 1.54) is 16.7 Å². The molecule has 0 N–H and O–H groups in total. The summed E-state index contributed by atoms with van der Waals surface area (Å²) in [6, 6.07) is 19.0. The largest absolute Gasteiger partial charge is 0.339 e. The average Bonchev–Trinajstić information content (AvgIpc) is 3.10. The van der Waals surface area contributed by atoms with Crippen LogP contribution in [0.4, 0.5) is 0 Å². The summed E-state index contributed by atoms with van der Waals surface area (Å²) in [5, 5.41) is 0. The summed E-state index contributed by atoms with van der Waals surface area (Å²) in [4.78, 5) is 20.5. The molecule has 1 fully saturated rings. The van der Waals surface area contributed by atoms with Crippen molar-refractivity contribution < 1.29 is 4.79 Å². The van der Waals surface area contributed by atoms with Crippen LogP contribution < -0.4 is 0 Å². The molecule has 1 amide bonds. The average molecular weight is 364 g/mol. The second kappa shape index (κ2) is 7.45. The standard InChI is InChI=1S/C23H29N3O/c1-24-12-14-26(15-13-24)22(27)23(16-20-10-6-7-11-21(20)17-23)25(2)18-19-8-4-3-5-9-19/h3-11H,12-18H2,1-2H3. The highest BCUT2D eigenvalue weighted by atomic mass is 16.2. The first-order chi connectivity index (χ1) is 13.1. The van der Waals surface area contributed by atoms with Crippen LogP contribution >= 0.6 is 0 Å². The quantitative estimate of drug-likeness (QED) is 0.835. The van der Waals surface area contributed by atoms with Gasteiger partial charge in [-0.2, -0.15) is 0 Å². The normalized spacial score (nSPS) is 19.3. The molecule has 1 saturated heterocycles. The third-order valence-electron chi connectivity index (χ3n) is 6.27. The van der Waals surface area contributed by atoms with Gasteiger partial charge in [0.2, 0.25) is 5.91 Å². The van der Waals surface area contributed by atoms with Crippen LogP contribution in [0.25, 0.3) is 0 Å². The predicted octanol–water partition coefficient (Wildman–Crippen LogP) is 2.43. The van der Waals surface area contributed by atoms with Gasteiger partial charge in [-0.15, -0.1) is 0 Å². The number of hydrogen-bond donors (Lipinski definition) is 0. The lowest BCUT2D eigenvalue weighted by atomic mass is 9.90. The van der Waals surface area contributed by atoms with E-state index in [-0.39, 0.29) is 0 Å². The molecule has 4 nitrogen and oxygen atoms in total. The molecule has 2 aromatic rings. The SMILES string of the molecule is CN1CCN(C(=O)C2(N(C)Cc3ccccc3)Cc3ccccc3C2)CC1. The highest BCUT2D eigenvalue weighted by Gasteiger charge is 2.49. The van der Waals surface area contributed by atoms with E-state index in [1.807, 2.05) is 6.07 Å². The maximum absolute atomic E-state index is 13.8. The van der Waals surface area contributed by atoms with Crippen LogP contribution in [-0.4, -0.2) is 66.4 Å². The van der Waals surface area contributed by atoms with Gasteiger partial charge in [-0.1, -0.05) is 54.6 Å². The molecule has 4 heteroatoms. The summed E-state index contributed by atoms with van der Waals surface area (Å²) in [7, 11) is 4.25. The molecule has 27 heavy (non-hydrogen) atoms. The van der Waals surface area contributed by atoms with Gasteiger partial charge < -0.3 is 9.80 Å². The molecule has 0 aromatic heterocycles. The van der Waals surface area contributed by atoms with Crippen molar-refractivity contribution >= 4 is 5.91 Å². The van der Waals surface area contributed by atoms with E-state index in [0.29, 0.717) is 5.91 Å². The number of carbonyl (C=O) groups excluding carboxylic acids is 1. The van der Waals surface area contributed by atoms with Crippen molar-refractivity contribution in [2.45, 2.75) is 24.9 Å². The van der Waals surface area contributed by atoms with E-state index >= 15 is 0 Å². The number of fused-ring (bicyclic) bond motifs is 1. The number of likely N-dealkylation sites (N-methyl/N-ethyl adjacent to an activating group) is 2. The van der Waals surface area contributed by atoms with E-state index in [2.05, 4.69) is 77.3 Å². The fourth-order valence-corrected chi connectivity index (χ4v) is 4.49. The van der Waals surface area contributed by atoms with Crippen molar-refractivity contribution in [3.63, 3.8) is 0 Å². The molecule has 4 rings (SSSR count). The Hall–Kier alpha value is -2.17. The number of nitrogens with zero attached hydrogens (tertiary/aromatic N) is 3. The van der Waals surface area contributed by atoms with Crippen LogP contribution in [0.5, 0.6) is 0 Å². The molecule has 0 spiro atoms. The number of piperazine rings is 1. The van der Waals surface area contributed by atoms with Crippen LogP contribution in [0.15, 0.2) is 54.6 Å². The Labute approximate surface area is 162 Å². The topological polar surface area (TPSA) is 26.8 Å². The first-order valence-electron chi connectivity index (χ1n) is 9.88. The summed E-state index contributed by atoms with van der Waals surface area (Å²) in [6.07, 6.45) is 1.61. The molecule has 1 heterocycles. The van der Waals surface area contributed by atoms with Crippen LogP contribution in [0.1, 0.15) is 16.7 Å². The van der Waals surface area contributed by atoms with E-state index < -0.39 is 5.54 Å². The van der Waals surface area contributed by atoms with Gasteiger partial charge in [-0.3, -0.25) is 9.69 Å². The second-order valence-corrected chi connectivity index (χ2v) is 8.09. The van der Waals surface area contributed by atoms with Gasteiger partial charge >= 0.3 is 0 Å². The Morgan fingerprint density at radius 1 is 0.926 bits per heavy atom. The van der Waals surface area contributed by atoms with Gasteiger partial charge in [0.05, 0.1) is 0 Å². The molecule has 2 aliphatic rings. The molecular weight excluding hydrogens is 334 g/mol. The van der Waals surface area contributed by atoms with E-state index in [4.69, 9.17) is 0 Å². The van der Waals surface area contributed by atoms with Crippen molar-refractivity contribution in [2.24, 2.45) is 0 Å². The molecule has 0 atom stereocenters. The highest BCUT2D eigenvalue weighted by Crippen LogP contribution is 2.36. The van der Waals surface area contributed by atoms with Gasteiger partial charge in [0.25, 0.3) is 0 Å². The lowest BCUT2D eigenvalue weighted by Gasteiger charge is -2.43. The van der Waals surface area contributed by atoms with Crippen molar-refractivity contribution in [2.75, 3.05) is 40.3 Å². The van der Waals surface area contributed by atoms with Gasteiger partial charge in [-0.05, 0) is 30.8 Å². The zero-order chi connectivity index (χ0) is 18.9. The van der Waals surface area contributed by atoms with Crippen molar-refractivity contribution in [1.29, 1.82) is 0 Å². The minimum atomic E-state index is -0.477. The summed E-state index contributed by atoms with van der Waals surface area (Å²) in [5.41, 5.74) is 3.41. The summed E-state index contributed by atoms with van der Waals surface area (Å²) in [6.45, 7) is 4.35. The first-order valence-corrected chi connectivity index (χ1v) is 9.88. The molecule has 1 aliphatic heterocycles. The fourth-order valence-electron chi connectivity index (χ4n) is 4.49. The lowest BCUT2D eigenvalue weighted by molar-refractivity contribution is -0.145. The van der Waals surface area contributed by atoms with Gasteiger partial charge in [-0.25, -0.2) is 0 Å². The Balaban J connectivity index is 1.63. The van der Waals surface area contributed by atoms with Crippen LogP contribution in [0.3, 0.4) is 0 Å². The fraction of sp³-hybridized carbons (Fsp3) is 0.435. The number of benzene rings is 2. The first kappa shape index (κ1) is 18.2. The van der Waals surface area contributed by atoms with Crippen molar-refractivity contribution in [1.82, 2.24) is 14.7 Å². The van der Waals surface area contributed by atoms with Gasteiger partial charge in [0, 0.05) is 45.6 Å². The minimum absolute atomic E-state index is 0.297. The van der Waals surface area contributed by atoms with E-state index in [0.717, 1.165) is 45.6 Å². The molecule has 0 radical (unpaired) electrons. The van der Waals surface area contributed by atoms with Crippen molar-refractivity contribution in [3.8, 4) is 0 Å². The molecule has 0 saturated carbocycles. The van der Waals surface area contributed by atoms with E-state index in [9.17, 15) is 4.79 Å². The number of amides is 1. The molecular formula is C23H29N3O. The monoisotopic (exact) mass is 363 g/mol. The number of carbonyl (C=O) groups is 1. The molecule has 0 unspecified atom stereocenters. The molecule has 142 valence electrons. The number of hydrogen-bond acceptors (Lipinski definition) is 3. The van der Waals surface area contributed by atoms with Crippen LogP contribution in [0.2, 0.25) is 0 Å². The highest BCUT2D eigenvalue weighted by molar-refractivity contribution is 5.88. The Bertz CT molecular complexity index is 771. The Kier molecular flexibility index (Phi) is 5.02. The Morgan fingerprint density at radius 3 is 2.07 bits per heavy atom. The maximum Gasteiger partial charge on any atom is 0.243 e. The third-order valence-corrected chi connectivity index (χ3v) is 6.27. The predicted molar refractivity (Wildman–Crippen MR) is 109 cm³/mol. The summed E-state index contributed by atoms with van der Waals surface area (Å²) in [5.74, 6) is 0.297.